The average Bonchev–Trinajstić information content (AvgIpc) is 3.00. The Labute approximate surface area is 122 Å². The van der Waals surface area contributed by atoms with Crippen LogP contribution in [0.15, 0.2) is 12.3 Å². The lowest BCUT2D eigenvalue weighted by molar-refractivity contribution is 0.0185. The summed E-state index contributed by atoms with van der Waals surface area (Å²) < 4.78 is 19.2. The van der Waals surface area contributed by atoms with E-state index in [0.29, 0.717) is 19.1 Å². The highest BCUT2D eigenvalue weighted by atomic mass is 19.1. The number of halogens is 1. The molecule has 2 saturated heterocycles. The van der Waals surface area contributed by atoms with Gasteiger partial charge >= 0.3 is 0 Å². The Bertz CT molecular complexity index is 534. The monoisotopic (exact) mass is 294 g/mol. The molecule has 114 valence electrons. The van der Waals surface area contributed by atoms with Crippen LogP contribution in [0.2, 0.25) is 0 Å². The van der Waals surface area contributed by atoms with E-state index >= 15 is 0 Å². The molecule has 2 aliphatic rings. The summed E-state index contributed by atoms with van der Waals surface area (Å²) in [5, 5.41) is 0. The summed E-state index contributed by atoms with van der Waals surface area (Å²) in [4.78, 5) is 20.1. The molecule has 3 rings (SSSR count). The summed E-state index contributed by atoms with van der Waals surface area (Å²) in [6, 6.07) is 1.72. The maximum absolute atomic E-state index is 13.9. The van der Waals surface area contributed by atoms with Crippen LogP contribution in [0.1, 0.15) is 16.8 Å². The lowest BCUT2D eigenvalue weighted by atomic mass is 10.2. The van der Waals surface area contributed by atoms with Gasteiger partial charge in [-0.15, -0.1) is 0 Å². The van der Waals surface area contributed by atoms with Crippen LogP contribution in [0.5, 0.6) is 0 Å². The number of ether oxygens (including phenoxy) is 1. The Morgan fingerprint density at radius 1 is 1.38 bits per heavy atom. The van der Waals surface area contributed by atoms with Crippen LogP contribution in [0.3, 0.4) is 0 Å². The minimum atomic E-state index is -0.725. The first kappa shape index (κ1) is 14.2. The largest absolute Gasteiger partial charge is 0.381 e. The number of amides is 1. The predicted octanol–water partition coefficient (Wildman–Crippen LogP) is 0.350. The molecule has 0 radical (unpaired) electrons. The number of morpholine rings is 1. The predicted molar refractivity (Wildman–Crippen MR) is 75.3 cm³/mol. The topological polar surface area (TPSA) is 71.7 Å². The smallest absolute Gasteiger partial charge is 0.257 e. The van der Waals surface area contributed by atoms with Crippen molar-refractivity contribution in [2.45, 2.75) is 12.5 Å². The summed E-state index contributed by atoms with van der Waals surface area (Å²) in [5.41, 5.74) is 5.43. The molecule has 0 aromatic carbocycles. The van der Waals surface area contributed by atoms with Crippen molar-refractivity contribution in [3.8, 4) is 0 Å². The van der Waals surface area contributed by atoms with Crippen LogP contribution in [-0.4, -0.2) is 66.1 Å². The summed E-state index contributed by atoms with van der Waals surface area (Å²) >= 11 is 0. The van der Waals surface area contributed by atoms with Crippen molar-refractivity contribution < 1.29 is 13.9 Å². The molecule has 1 aromatic heterocycles. The van der Waals surface area contributed by atoms with Gasteiger partial charge in [0.15, 0.2) is 11.6 Å². The number of anilines is 1. The number of pyridine rings is 1. The normalized spacial score (nSPS) is 23.5. The number of carbonyl (C=O) groups is 1. The zero-order valence-electron chi connectivity index (χ0n) is 11.8. The maximum Gasteiger partial charge on any atom is 0.257 e. The lowest BCUT2D eigenvalue weighted by Gasteiger charge is -2.32. The van der Waals surface area contributed by atoms with Crippen molar-refractivity contribution in [2.24, 2.45) is 0 Å². The minimum Gasteiger partial charge on any atom is -0.381 e. The number of likely N-dealkylation sites (tertiary alicyclic amines) is 1. The van der Waals surface area contributed by atoms with Crippen LogP contribution < -0.4 is 5.73 Å². The molecule has 1 amide bonds. The molecule has 0 spiro atoms. The third-order valence-electron chi connectivity index (χ3n) is 4.16. The first-order valence-electron chi connectivity index (χ1n) is 7.18. The van der Waals surface area contributed by atoms with Crippen LogP contribution in [0.25, 0.3) is 0 Å². The highest BCUT2D eigenvalue weighted by Gasteiger charge is 2.32. The van der Waals surface area contributed by atoms with Gasteiger partial charge in [-0.3, -0.25) is 9.69 Å². The van der Waals surface area contributed by atoms with Crippen molar-refractivity contribution in [1.82, 2.24) is 14.8 Å². The molecular formula is C14H19FN4O2. The summed E-state index contributed by atoms with van der Waals surface area (Å²) in [7, 11) is 0. The number of hydrogen-bond donors (Lipinski definition) is 1. The zero-order chi connectivity index (χ0) is 14.8. The number of nitrogens with zero attached hydrogens (tertiary/aromatic N) is 3. The number of aromatic nitrogens is 1. The van der Waals surface area contributed by atoms with Crippen molar-refractivity contribution in [3.05, 3.63) is 23.6 Å². The molecule has 1 aromatic rings. The van der Waals surface area contributed by atoms with E-state index in [4.69, 9.17) is 10.5 Å². The van der Waals surface area contributed by atoms with Gasteiger partial charge in [-0.25, -0.2) is 9.37 Å². The van der Waals surface area contributed by atoms with Crippen molar-refractivity contribution in [3.63, 3.8) is 0 Å². The number of carbonyl (C=O) groups excluding carboxylic acids is 1. The van der Waals surface area contributed by atoms with Crippen LogP contribution in [-0.2, 0) is 4.74 Å². The van der Waals surface area contributed by atoms with Gasteiger partial charge in [0.25, 0.3) is 5.91 Å². The molecule has 0 bridgehead atoms. The van der Waals surface area contributed by atoms with Gasteiger partial charge in [0.1, 0.15) is 0 Å². The van der Waals surface area contributed by atoms with Gasteiger partial charge in [0.05, 0.1) is 18.8 Å². The minimum absolute atomic E-state index is 0.00475. The van der Waals surface area contributed by atoms with E-state index in [-0.39, 0.29) is 17.3 Å². The van der Waals surface area contributed by atoms with E-state index in [0.717, 1.165) is 32.7 Å². The maximum atomic E-state index is 13.9. The number of rotatable bonds is 2. The number of nitrogens with two attached hydrogens (primary N) is 1. The molecule has 2 N–H and O–H groups in total. The molecule has 0 saturated carbocycles. The number of hydrogen-bond acceptors (Lipinski definition) is 5. The molecular weight excluding hydrogens is 275 g/mol. The molecule has 21 heavy (non-hydrogen) atoms. The molecule has 7 heteroatoms. The fourth-order valence-corrected chi connectivity index (χ4v) is 2.96. The summed E-state index contributed by atoms with van der Waals surface area (Å²) in [5.74, 6) is -1.26. The highest BCUT2D eigenvalue weighted by Crippen LogP contribution is 2.21. The molecule has 2 aliphatic heterocycles. The average molecular weight is 294 g/mol. The molecule has 1 atom stereocenters. The van der Waals surface area contributed by atoms with E-state index < -0.39 is 5.82 Å². The quantitative estimate of drug-likeness (QED) is 0.852. The molecule has 6 nitrogen and oxygen atoms in total. The Kier molecular flexibility index (Phi) is 4.03. The van der Waals surface area contributed by atoms with Gasteiger partial charge < -0.3 is 15.4 Å². The van der Waals surface area contributed by atoms with Crippen LogP contribution in [0.4, 0.5) is 10.2 Å². The van der Waals surface area contributed by atoms with E-state index in [1.807, 2.05) is 0 Å². The number of nitrogen functional groups attached to an aromatic ring is 1. The van der Waals surface area contributed by atoms with E-state index in [9.17, 15) is 9.18 Å². The third kappa shape index (κ3) is 2.84. The van der Waals surface area contributed by atoms with Gasteiger partial charge in [0, 0.05) is 38.4 Å². The van der Waals surface area contributed by atoms with Gasteiger partial charge in [-0.2, -0.15) is 0 Å². The third-order valence-corrected chi connectivity index (χ3v) is 4.16. The Hall–Kier alpha value is -1.73. The zero-order valence-corrected chi connectivity index (χ0v) is 11.8. The molecule has 1 unspecified atom stereocenters. The summed E-state index contributed by atoms with van der Waals surface area (Å²) in [6.45, 7) is 4.52. The second-order valence-corrected chi connectivity index (χ2v) is 5.40. The highest BCUT2D eigenvalue weighted by molar-refractivity contribution is 5.95. The Balaban J connectivity index is 1.68. The first-order chi connectivity index (χ1) is 10.2. The fraction of sp³-hybridized carbons (Fsp3) is 0.571. The molecule has 3 heterocycles. The Morgan fingerprint density at radius 3 is 2.90 bits per heavy atom. The second-order valence-electron chi connectivity index (χ2n) is 5.40. The van der Waals surface area contributed by atoms with Gasteiger partial charge in [0.2, 0.25) is 0 Å². The van der Waals surface area contributed by atoms with Crippen molar-refractivity contribution >= 4 is 11.7 Å². The SMILES string of the molecule is Nc1nccc(C(=O)N2CCC(N3CCOCC3)C2)c1F. The van der Waals surface area contributed by atoms with E-state index in [1.165, 1.54) is 12.3 Å². The fourth-order valence-electron chi connectivity index (χ4n) is 2.96. The van der Waals surface area contributed by atoms with Crippen molar-refractivity contribution in [2.75, 3.05) is 45.1 Å². The first-order valence-corrected chi connectivity index (χ1v) is 7.18. The van der Waals surface area contributed by atoms with Crippen LogP contribution >= 0.6 is 0 Å². The van der Waals surface area contributed by atoms with Crippen LogP contribution in [0, 0.1) is 5.82 Å². The second kappa shape index (κ2) is 5.95. The van der Waals surface area contributed by atoms with Crippen molar-refractivity contribution in [1.29, 1.82) is 0 Å². The standard InChI is InChI=1S/C14H19FN4O2/c15-12-11(1-3-17-13(12)16)14(20)19-4-2-10(9-19)18-5-7-21-8-6-18/h1,3,10H,2,4-9H2,(H2,16,17). The summed E-state index contributed by atoms with van der Waals surface area (Å²) in [6.07, 6.45) is 2.27. The van der Waals surface area contributed by atoms with E-state index in [1.54, 1.807) is 4.90 Å². The lowest BCUT2D eigenvalue weighted by Crippen LogP contribution is -2.45. The van der Waals surface area contributed by atoms with E-state index in [2.05, 4.69) is 9.88 Å². The van der Waals surface area contributed by atoms with Gasteiger partial charge in [-0.05, 0) is 12.5 Å². The van der Waals surface area contributed by atoms with Gasteiger partial charge in [-0.1, -0.05) is 0 Å². The molecule has 0 aliphatic carbocycles. The molecule has 2 fully saturated rings. The Morgan fingerprint density at radius 2 is 2.14 bits per heavy atom.